The number of unbranched alkanes of at least 4 members (excludes halogenated alkanes) is 3. The SMILES string of the molecule is CCCCC(CC)CC(S)C(=O)[O][Sn]([CH2]C)([O]C(=O)C(S)CC(CC)CCCC)[O]C(=O)C(S)CC(CC)CCCC. The van der Waals surface area contributed by atoms with Crippen molar-refractivity contribution in [2.45, 2.75) is 165 Å². The van der Waals surface area contributed by atoms with Crippen molar-refractivity contribution in [3.8, 4) is 0 Å². The normalized spacial score (nSPS) is 17.3. The van der Waals surface area contributed by atoms with Gasteiger partial charge in [-0.1, -0.05) is 0 Å². The Kier molecular flexibility index (Phi) is 24.6. The first kappa shape index (κ1) is 42.3. The summed E-state index contributed by atoms with van der Waals surface area (Å²) < 4.78 is 18.1. The van der Waals surface area contributed by atoms with E-state index in [2.05, 4.69) is 79.4 Å². The van der Waals surface area contributed by atoms with Gasteiger partial charge in [0.05, 0.1) is 0 Å². The predicted octanol–water partition coefficient (Wildman–Crippen LogP) is 9.29. The van der Waals surface area contributed by atoms with Crippen LogP contribution in [0.4, 0.5) is 0 Å². The second-order valence-corrected chi connectivity index (χ2v) is 21.3. The molecule has 0 rings (SSSR count). The van der Waals surface area contributed by atoms with Crippen LogP contribution in [-0.2, 0) is 23.6 Å². The molecule has 0 radical (unpaired) electrons. The zero-order valence-electron chi connectivity index (χ0n) is 27.6. The van der Waals surface area contributed by atoms with Gasteiger partial charge in [0.2, 0.25) is 0 Å². The van der Waals surface area contributed by atoms with Crippen molar-refractivity contribution in [3.63, 3.8) is 0 Å². The summed E-state index contributed by atoms with van der Waals surface area (Å²) >= 11 is 8.67. The molecule has 6 nitrogen and oxygen atoms in total. The first-order chi connectivity index (χ1) is 20.0. The average molecular weight is 758 g/mol. The van der Waals surface area contributed by atoms with Gasteiger partial charge in [0.25, 0.3) is 0 Å². The molecular formula is C32H62O6S3Sn. The molecule has 0 N–H and O–H groups in total. The van der Waals surface area contributed by atoms with E-state index >= 15 is 0 Å². The van der Waals surface area contributed by atoms with Crippen LogP contribution in [0.3, 0.4) is 0 Å². The van der Waals surface area contributed by atoms with Crippen molar-refractivity contribution >= 4 is 75.4 Å². The first-order valence-corrected chi connectivity index (χ1v) is 23.7. The number of thiol groups is 3. The van der Waals surface area contributed by atoms with Crippen molar-refractivity contribution in [1.82, 2.24) is 0 Å². The zero-order valence-corrected chi connectivity index (χ0v) is 33.1. The minimum atomic E-state index is -5.08. The van der Waals surface area contributed by atoms with Gasteiger partial charge in [0.1, 0.15) is 0 Å². The summed E-state index contributed by atoms with van der Waals surface area (Å²) in [5.41, 5.74) is 0. The van der Waals surface area contributed by atoms with E-state index in [1.54, 1.807) is 6.92 Å². The van der Waals surface area contributed by atoms with E-state index in [1.807, 2.05) is 0 Å². The number of carbonyl (C=O) groups is 3. The van der Waals surface area contributed by atoms with Gasteiger partial charge >= 0.3 is 282 Å². The van der Waals surface area contributed by atoms with Crippen LogP contribution < -0.4 is 0 Å². The Balaban J connectivity index is 5.90. The molecule has 0 aliphatic carbocycles. The summed E-state index contributed by atoms with van der Waals surface area (Å²) in [6, 6.07) is 0. The summed E-state index contributed by atoms with van der Waals surface area (Å²) in [5, 5.41) is -2.08. The number of hydrogen-bond acceptors (Lipinski definition) is 9. The van der Waals surface area contributed by atoms with E-state index in [1.165, 1.54) is 0 Å². The predicted molar refractivity (Wildman–Crippen MR) is 187 cm³/mol. The van der Waals surface area contributed by atoms with Gasteiger partial charge in [-0.25, -0.2) is 0 Å². The molecule has 0 aromatic carbocycles. The Morgan fingerprint density at radius 3 is 0.976 bits per heavy atom. The molecule has 0 amide bonds. The maximum atomic E-state index is 13.4. The Hall–Kier alpha value is 0.259. The fourth-order valence-corrected chi connectivity index (χ4v) is 12.5. The Morgan fingerprint density at radius 2 is 0.786 bits per heavy atom. The third-order valence-electron chi connectivity index (χ3n) is 8.32. The monoisotopic (exact) mass is 758 g/mol. The van der Waals surface area contributed by atoms with Crippen molar-refractivity contribution in [1.29, 1.82) is 0 Å². The van der Waals surface area contributed by atoms with E-state index < -0.39 is 53.3 Å². The van der Waals surface area contributed by atoms with Gasteiger partial charge in [0, 0.05) is 0 Å². The van der Waals surface area contributed by atoms with Crippen LogP contribution in [0, 0.1) is 17.8 Å². The summed E-state index contributed by atoms with van der Waals surface area (Å²) in [7, 11) is 0. The first-order valence-electron chi connectivity index (χ1n) is 16.7. The fraction of sp³-hybridized carbons (Fsp3) is 0.906. The molecular weight excluding hydrogens is 695 g/mol. The van der Waals surface area contributed by atoms with Gasteiger partial charge in [-0.2, -0.15) is 0 Å². The summed E-state index contributed by atoms with van der Waals surface area (Å²) in [4.78, 5) is 40.1. The minimum absolute atomic E-state index is 0.145. The van der Waals surface area contributed by atoms with Crippen LogP contribution in [0.1, 0.15) is 145 Å². The standard InChI is InChI=1S/3C10H20O2S.C2H5.Sn/c3*1-3-5-6-8(4-2)7-9(13)10(11)12;1-2;/h3*8-9,13H,3-7H2,1-2H3,(H,11,12);1H2,2H3;/q;;;;+3/p-3. The molecule has 0 aliphatic rings. The molecule has 0 saturated heterocycles. The number of rotatable bonds is 25. The molecule has 0 fully saturated rings. The zero-order chi connectivity index (χ0) is 32.1. The van der Waals surface area contributed by atoms with E-state index in [0.717, 1.165) is 77.0 Å². The molecule has 0 aliphatic heterocycles. The van der Waals surface area contributed by atoms with Gasteiger partial charge in [-0.15, -0.1) is 0 Å². The molecule has 6 unspecified atom stereocenters. The van der Waals surface area contributed by atoms with Crippen LogP contribution in [-0.4, -0.2) is 53.3 Å². The van der Waals surface area contributed by atoms with Crippen molar-refractivity contribution in [2.24, 2.45) is 17.8 Å². The second-order valence-electron chi connectivity index (χ2n) is 11.8. The van der Waals surface area contributed by atoms with Crippen LogP contribution in [0.5, 0.6) is 0 Å². The van der Waals surface area contributed by atoms with Crippen molar-refractivity contribution < 1.29 is 23.6 Å². The third kappa shape index (κ3) is 17.1. The van der Waals surface area contributed by atoms with Crippen LogP contribution in [0.2, 0.25) is 4.44 Å². The molecule has 0 bridgehead atoms. The Bertz CT molecular complexity index is 663. The van der Waals surface area contributed by atoms with Gasteiger partial charge < -0.3 is 0 Å². The Labute approximate surface area is 280 Å². The maximum absolute atomic E-state index is 13.4. The molecule has 0 aromatic rings. The number of carbonyl (C=O) groups excluding carboxylic acids is 3. The quantitative estimate of drug-likeness (QED) is 0.0637. The van der Waals surface area contributed by atoms with Crippen LogP contribution in [0.15, 0.2) is 0 Å². The van der Waals surface area contributed by atoms with Crippen LogP contribution >= 0.6 is 37.9 Å². The number of hydrogen-bond donors (Lipinski definition) is 3. The molecule has 42 heavy (non-hydrogen) atoms. The molecule has 6 atom stereocenters. The summed E-state index contributed by atoms with van der Waals surface area (Å²) in [6.45, 7) is 14.5. The molecule has 0 heterocycles. The third-order valence-corrected chi connectivity index (χ3v) is 16.4. The van der Waals surface area contributed by atoms with E-state index in [-0.39, 0.29) is 4.44 Å². The molecule has 0 aromatic heterocycles. The molecule has 10 heteroatoms. The summed E-state index contributed by atoms with van der Waals surface area (Å²) in [5.74, 6) is -0.736. The van der Waals surface area contributed by atoms with E-state index in [0.29, 0.717) is 37.0 Å². The average Bonchev–Trinajstić information content (AvgIpc) is 2.98. The fourth-order valence-electron chi connectivity index (χ4n) is 5.12. The van der Waals surface area contributed by atoms with Crippen molar-refractivity contribution in [3.05, 3.63) is 0 Å². The second kappa shape index (κ2) is 24.5. The summed E-state index contributed by atoms with van der Waals surface area (Å²) in [6.07, 6.45) is 14.0. The van der Waals surface area contributed by atoms with Gasteiger partial charge in [-0.05, 0) is 0 Å². The van der Waals surface area contributed by atoms with E-state index in [9.17, 15) is 14.4 Å². The molecule has 248 valence electrons. The Morgan fingerprint density at radius 1 is 0.524 bits per heavy atom. The topological polar surface area (TPSA) is 78.9 Å². The molecule has 0 spiro atoms. The molecule has 0 saturated carbocycles. The van der Waals surface area contributed by atoms with Gasteiger partial charge in [-0.3, -0.25) is 0 Å². The van der Waals surface area contributed by atoms with Crippen molar-refractivity contribution in [2.75, 3.05) is 0 Å². The van der Waals surface area contributed by atoms with Crippen LogP contribution in [0.25, 0.3) is 0 Å². The van der Waals surface area contributed by atoms with E-state index in [4.69, 9.17) is 9.22 Å². The van der Waals surface area contributed by atoms with Gasteiger partial charge in [0.15, 0.2) is 0 Å².